The molecular formula is C16H23NO3. The fourth-order valence-electron chi connectivity index (χ4n) is 2.30. The van der Waals surface area contributed by atoms with Crippen LogP contribution in [0.3, 0.4) is 0 Å². The number of benzene rings is 1. The van der Waals surface area contributed by atoms with Gasteiger partial charge in [-0.2, -0.15) is 0 Å². The van der Waals surface area contributed by atoms with Crippen molar-refractivity contribution in [3.8, 4) is 5.75 Å². The maximum absolute atomic E-state index is 12.3. The predicted octanol–water partition coefficient (Wildman–Crippen LogP) is 2.35. The lowest BCUT2D eigenvalue weighted by Crippen LogP contribution is -2.33. The van der Waals surface area contributed by atoms with Gasteiger partial charge in [-0.05, 0) is 32.3 Å². The van der Waals surface area contributed by atoms with E-state index in [1.54, 1.807) is 14.0 Å². The van der Waals surface area contributed by atoms with Crippen LogP contribution in [0.4, 0.5) is 0 Å². The standard InChI is InChI=1S/C16H23NO3/c1-12(18)7-10-16(19)17(14-8-9-14)11-13-5-3-4-6-15(13)20-2/h3-6,12,14,18H,7-11H2,1-2H3. The number of para-hydroxylation sites is 1. The predicted molar refractivity (Wildman–Crippen MR) is 77.5 cm³/mol. The van der Waals surface area contributed by atoms with Gasteiger partial charge in [0.1, 0.15) is 5.75 Å². The van der Waals surface area contributed by atoms with Gasteiger partial charge in [-0.15, -0.1) is 0 Å². The van der Waals surface area contributed by atoms with Crippen molar-refractivity contribution in [1.29, 1.82) is 0 Å². The number of rotatable bonds is 7. The zero-order valence-electron chi connectivity index (χ0n) is 12.2. The van der Waals surface area contributed by atoms with E-state index >= 15 is 0 Å². The summed E-state index contributed by atoms with van der Waals surface area (Å²) in [4.78, 5) is 14.2. The van der Waals surface area contributed by atoms with Crippen molar-refractivity contribution in [2.45, 2.75) is 51.3 Å². The van der Waals surface area contributed by atoms with E-state index < -0.39 is 6.10 Å². The Labute approximate surface area is 120 Å². The Morgan fingerprint density at radius 3 is 2.75 bits per heavy atom. The van der Waals surface area contributed by atoms with Crippen molar-refractivity contribution in [2.24, 2.45) is 0 Å². The number of nitrogens with zero attached hydrogens (tertiary/aromatic N) is 1. The molecule has 0 radical (unpaired) electrons. The van der Waals surface area contributed by atoms with Crippen LogP contribution in [0.1, 0.15) is 38.2 Å². The number of ether oxygens (including phenoxy) is 1. The first-order chi connectivity index (χ1) is 9.61. The van der Waals surface area contributed by atoms with Gasteiger partial charge in [0.2, 0.25) is 5.91 Å². The second kappa shape index (κ2) is 6.75. The van der Waals surface area contributed by atoms with Crippen LogP contribution in [0.5, 0.6) is 5.75 Å². The molecule has 1 unspecified atom stereocenters. The minimum absolute atomic E-state index is 0.124. The van der Waals surface area contributed by atoms with E-state index in [9.17, 15) is 9.90 Å². The maximum Gasteiger partial charge on any atom is 0.223 e. The first kappa shape index (κ1) is 14.9. The highest BCUT2D eigenvalue weighted by Gasteiger charge is 2.32. The van der Waals surface area contributed by atoms with Crippen LogP contribution < -0.4 is 4.74 Å². The molecule has 4 heteroatoms. The number of hydrogen-bond acceptors (Lipinski definition) is 3. The van der Waals surface area contributed by atoms with Crippen molar-refractivity contribution in [2.75, 3.05) is 7.11 Å². The van der Waals surface area contributed by atoms with Crippen LogP contribution in [-0.4, -0.2) is 35.2 Å². The molecule has 0 spiro atoms. The van der Waals surface area contributed by atoms with E-state index in [2.05, 4.69) is 0 Å². The third-order valence-corrected chi connectivity index (χ3v) is 3.62. The molecule has 1 N–H and O–H groups in total. The first-order valence-electron chi connectivity index (χ1n) is 7.21. The van der Waals surface area contributed by atoms with E-state index in [1.807, 2.05) is 29.2 Å². The summed E-state index contributed by atoms with van der Waals surface area (Å²) in [5.41, 5.74) is 1.03. The molecule has 1 atom stereocenters. The number of carbonyl (C=O) groups is 1. The highest BCUT2D eigenvalue weighted by atomic mass is 16.5. The lowest BCUT2D eigenvalue weighted by Gasteiger charge is -2.24. The van der Waals surface area contributed by atoms with Gasteiger partial charge < -0.3 is 14.7 Å². The Balaban J connectivity index is 2.04. The Hall–Kier alpha value is -1.55. The summed E-state index contributed by atoms with van der Waals surface area (Å²) in [6.07, 6.45) is 2.66. The Morgan fingerprint density at radius 1 is 1.45 bits per heavy atom. The number of amides is 1. The van der Waals surface area contributed by atoms with Crippen molar-refractivity contribution in [1.82, 2.24) is 4.90 Å². The summed E-state index contributed by atoms with van der Waals surface area (Å²) in [6.45, 7) is 2.31. The average molecular weight is 277 g/mol. The quantitative estimate of drug-likeness (QED) is 0.832. The first-order valence-corrected chi connectivity index (χ1v) is 7.21. The Morgan fingerprint density at radius 2 is 2.15 bits per heavy atom. The normalized spacial score (nSPS) is 15.8. The summed E-state index contributed by atoms with van der Waals surface area (Å²) >= 11 is 0. The highest BCUT2D eigenvalue weighted by molar-refractivity contribution is 5.77. The van der Waals surface area contributed by atoms with Crippen molar-refractivity contribution in [3.63, 3.8) is 0 Å². The van der Waals surface area contributed by atoms with Crippen molar-refractivity contribution < 1.29 is 14.6 Å². The number of carbonyl (C=O) groups excluding carboxylic acids is 1. The molecule has 1 aromatic carbocycles. The van der Waals surface area contributed by atoms with E-state index in [-0.39, 0.29) is 5.91 Å². The number of methoxy groups -OCH3 is 1. The number of aliphatic hydroxyl groups excluding tert-OH is 1. The van der Waals surface area contributed by atoms with Crippen LogP contribution in [-0.2, 0) is 11.3 Å². The minimum Gasteiger partial charge on any atom is -0.496 e. The molecule has 1 aliphatic rings. The van der Waals surface area contributed by atoms with E-state index in [0.29, 0.717) is 25.4 Å². The molecular weight excluding hydrogens is 254 g/mol. The zero-order valence-corrected chi connectivity index (χ0v) is 12.2. The van der Waals surface area contributed by atoms with Gasteiger partial charge in [-0.25, -0.2) is 0 Å². The van der Waals surface area contributed by atoms with Gasteiger partial charge in [0.15, 0.2) is 0 Å². The zero-order chi connectivity index (χ0) is 14.5. The number of hydrogen-bond donors (Lipinski definition) is 1. The van der Waals surface area contributed by atoms with E-state index in [1.165, 1.54) is 0 Å². The monoisotopic (exact) mass is 277 g/mol. The van der Waals surface area contributed by atoms with E-state index in [0.717, 1.165) is 24.2 Å². The summed E-state index contributed by atoms with van der Waals surface area (Å²) in [7, 11) is 1.65. The van der Waals surface area contributed by atoms with Gasteiger partial charge >= 0.3 is 0 Å². The molecule has 1 amide bonds. The largest absolute Gasteiger partial charge is 0.496 e. The molecule has 0 aromatic heterocycles. The van der Waals surface area contributed by atoms with Crippen molar-refractivity contribution >= 4 is 5.91 Å². The molecule has 0 saturated heterocycles. The lowest BCUT2D eigenvalue weighted by atomic mass is 10.1. The Bertz CT molecular complexity index is 455. The fourth-order valence-corrected chi connectivity index (χ4v) is 2.30. The molecule has 0 aliphatic heterocycles. The molecule has 1 aromatic rings. The summed E-state index contributed by atoms with van der Waals surface area (Å²) in [5.74, 6) is 0.945. The Kier molecular flexibility index (Phi) is 5.01. The third-order valence-electron chi connectivity index (χ3n) is 3.62. The molecule has 4 nitrogen and oxygen atoms in total. The molecule has 1 fully saturated rings. The maximum atomic E-state index is 12.3. The lowest BCUT2D eigenvalue weighted by molar-refractivity contribution is -0.133. The average Bonchev–Trinajstić information content (AvgIpc) is 3.27. The summed E-state index contributed by atoms with van der Waals surface area (Å²) < 4.78 is 5.35. The van der Waals surface area contributed by atoms with Crippen LogP contribution in [0.25, 0.3) is 0 Å². The van der Waals surface area contributed by atoms with Gasteiger partial charge in [-0.1, -0.05) is 18.2 Å². The molecule has 110 valence electrons. The fraction of sp³-hybridized carbons (Fsp3) is 0.562. The SMILES string of the molecule is COc1ccccc1CN(C(=O)CCC(C)O)C1CC1. The summed E-state index contributed by atoms with van der Waals surface area (Å²) in [5, 5.41) is 9.32. The van der Waals surface area contributed by atoms with Crippen LogP contribution in [0.2, 0.25) is 0 Å². The molecule has 0 heterocycles. The molecule has 1 aliphatic carbocycles. The third kappa shape index (κ3) is 3.97. The second-order valence-corrected chi connectivity index (χ2v) is 5.45. The van der Waals surface area contributed by atoms with Gasteiger partial charge in [0, 0.05) is 24.6 Å². The smallest absolute Gasteiger partial charge is 0.223 e. The topological polar surface area (TPSA) is 49.8 Å². The summed E-state index contributed by atoms with van der Waals surface area (Å²) in [6, 6.07) is 8.17. The second-order valence-electron chi connectivity index (χ2n) is 5.45. The van der Waals surface area contributed by atoms with Gasteiger partial charge in [0.25, 0.3) is 0 Å². The van der Waals surface area contributed by atoms with Gasteiger partial charge in [0.05, 0.1) is 13.2 Å². The van der Waals surface area contributed by atoms with Crippen LogP contribution in [0, 0.1) is 0 Å². The van der Waals surface area contributed by atoms with Gasteiger partial charge in [-0.3, -0.25) is 4.79 Å². The minimum atomic E-state index is -0.425. The van der Waals surface area contributed by atoms with Crippen LogP contribution in [0.15, 0.2) is 24.3 Å². The number of aliphatic hydroxyl groups is 1. The van der Waals surface area contributed by atoms with Crippen molar-refractivity contribution in [3.05, 3.63) is 29.8 Å². The van der Waals surface area contributed by atoms with Crippen LogP contribution >= 0.6 is 0 Å². The molecule has 1 saturated carbocycles. The molecule has 0 bridgehead atoms. The molecule has 2 rings (SSSR count). The molecule has 20 heavy (non-hydrogen) atoms. The highest BCUT2D eigenvalue weighted by Crippen LogP contribution is 2.31. The van der Waals surface area contributed by atoms with E-state index in [4.69, 9.17) is 4.74 Å².